The number of benzene rings is 3. The van der Waals surface area contributed by atoms with Crippen LogP contribution in [0.4, 0.5) is 14.5 Å². The van der Waals surface area contributed by atoms with E-state index in [9.17, 15) is 22.0 Å². The second-order valence-electron chi connectivity index (χ2n) is 9.22. The molecule has 1 aliphatic rings. The maximum atomic E-state index is 13.6. The van der Waals surface area contributed by atoms with Crippen LogP contribution in [0.5, 0.6) is 0 Å². The van der Waals surface area contributed by atoms with Gasteiger partial charge in [-0.3, -0.25) is 19.4 Å². The van der Waals surface area contributed by atoms with Gasteiger partial charge in [0.2, 0.25) is 0 Å². The van der Waals surface area contributed by atoms with Gasteiger partial charge in [0, 0.05) is 61.1 Å². The quantitative estimate of drug-likeness (QED) is 0.382. The first kappa shape index (κ1) is 25.7. The van der Waals surface area contributed by atoms with E-state index in [4.69, 9.17) is 0 Å². The van der Waals surface area contributed by atoms with Crippen LogP contribution in [-0.2, 0) is 10.0 Å². The van der Waals surface area contributed by atoms with E-state index in [1.807, 2.05) is 6.92 Å². The number of rotatable bonds is 6. The van der Waals surface area contributed by atoms with E-state index in [0.29, 0.717) is 53.9 Å². The second kappa shape index (κ2) is 10.5. The monoisotopic (exact) mass is 536 g/mol. The lowest BCUT2D eigenvalue weighted by Gasteiger charge is -2.38. The summed E-state index contributed by atoms with van der Waals surface area (Å²) in [7, 11) is -3.90. The number of carbonyl (C=O) groups excluding carboxylic acids is 1. The summed E-state index contributed by atoms with van der Waals surface area (Å²) in [5.41, 5.74) is 1.70. The van der Waals surface area contributed by atoms with Gasteiger partial charge in [0.05, 0.1) is 5.52 Å². The van der Waals surface area contributed by atoms with Crippen molar-refractivity contribution >= 4 is 32.5 Å². The maximum Gasteiger partial charge on any atom is 0.264 e. The first-order chi connectivity index (χ1) is 18.2. The number of nitrogens with zero attached hydrogens (tertiary/aromatic N) is 3. The molecule has 1 amide bonds. The lowest BCUT2D eigenvalue weighted by Crippen LogP contribution is -2.49. The third-order valence-corrected chi connectivity index (χ3v) is 8.20. The number of halogens is 2. The summed E-state index contributed by atoms with van der Waals surface area (Å²) in [5.74, 6) is -1.39. The van der Waals surface area contributed by atoms with Gasteiger partial charge in [-0.25, -0.2) is 17.2 Å². The van der Waals surface area contributed by atoms with Crippen molar-refractivity contribution in [2.45, 2.75) is 17.9 Å². The number of piperazine rings is 1. The Balaban J connectivity index is 1.23. The number of amides is 1. The molecule has 5 rings (SSSR count). The Kier molecular flexibility index (Phi) is 7.09. The van der Waals surface area contributed by atoms with Gasteiger partial charge in [0.15, 0.2) is 0 Å². The summed E-state index contributed by atoms with van der Waals surface area (Å²) in [4.78, 5) is 21.1. The van der Waals surface area contributed by atoms with Crippen molar-refractivity contribution in [1.29, 1.82) is 0 Å². The van der Waals surface area contributed by atoms with Crippen molar-refractivity contribution in [2.75, 3.05) is 30.9 Å². The van der Waals surface area contributed by atoms with Gasteiger partial charge in [0.25, 0.3) is 15.9 Å². The van der Waals surface area contributed by atoms with Crippen LogP contribution in [0.25, 0.3) is 10.9 Å². The third kappa shape index (κ3) is 5.36. The highest BCUT2D eigenvalue weighted by molar-refractivity contribution is 7.93. The molecule has 0 aliphatic carbocycles. The van der Waals surface area contributed by atoms with Gasteiger partial charge in [-0.2, -0.15) is 0 Å². The van der Waals surface area contributed by atoms with Gasteiger partial charge in [-0.1, -0.05) is 18.2 Å². The second-order valence-corrected chi connectivity index (χ2v) is 10.9. The number of sulfonamides is 1. The van der Waals surface area contributed by atoms with Crippen molar-refractivity contribution in [3.05, 3.63) is 102 Å². The Morgan fingerprint density at radius 1 is 0.921 bits per heavy atom. The number of nitrogens with one attached hydrogen (secondary N) is 1. The molecule has 1 atom stereocenters. The first-order valence-corrected chi connectivity index (χ1v) is 13.7. The molecule has 1 aliphatic heterocycles. The molecule has 0 radical (unpaired) electrons. The minimum absolute atomic E-state index is 0.0730. The Hall–Kier alpha value is -3.89. The fraction of sp³-hybridized carbons (Fsp3) is 0.214. The van der Waals surface area contributed by atoms with Crippen LogP contribution in [0.2, 0.25) is 0 Å². The topological polar surface area (TPSA) is 82.6 Å². The minimum atomic E-state index is -3.90. The molecule has 2 heterocycles. The predicted octanol–water partition coefficient (Wildman–Crippen LogP) is 4.83. The Labute approximate surface area is 219 Å². The Bertz CT molecular complexity index is 1560. The third-order valence-electron chi connectivity index (χ3n) is 6.79. The van der Waals surface area contributed by atoms with Crippen LogP contribution in [0.1, 0.15) is 28.9 Å². The zero-order valence-corrected chi connectivity index (χ0v) is 21.5. The molecule has 0 saturated carbocycles. The molecule has 0 spiro atoms. The van der Waals surface area contributed by atoms with E-state index < -0.39 is 21.7 Å². The average molecular weight is 537 g/mol. The van der Waals surface area contributed by atoms with Crippen LogP contribution < -0.4 is 4.72 Å². The zero-order chi connectivity index (χ0) is 26.9. The van der Waals surface area contributed by atoms with Gasteiger partial charge >= 0.3 is 0 Å². The normalized spacial score (nSPS) is 15.4. The highest BCUT2D eigenvalue weighted by atomic mass is 32.2. The van der Waals surface area contributed by atoms with Crippen molar-refractivity contribution < 1.29 is 22.0 Å². The molecule has 1 fully saturated rings. The molecule has 4 aromatic rings. The van der Waals surface area contributed by atoms with E-state index >= 15 is 0 Å². The number of carbonyl (C=O) groups is 1. The molecule has 7 nitrogen and oxygen atoms in total. The van der Waals surface area contributed by atoms with Crippen molar-refractivity contribution in [1.82, 2.24) is 14.8 Å². The standard InChI is InChI=1S/C28H26F2N4O3S/c1-19(22-16-23(29)18-24(30)17-22)33-12-14-34(15-13-33)28(35)21-7-9-25(10-8-21)32-38(36,37)26-6-2-4-20-5-3-11-31-27(20)26/h2-11,16-19,32H,12-15H2,1H3. The van der Waals surface area contributed by atoms with E-state index in [2.05, 4.69) is 14.6 Å². The molecule has 38 heavy (non-hydrogen) atoms. The molecule has 1 unspecified atom stereocenters. The molecule has 196 valence electrons. The summed E-state index contributed by atoms with van der Waals surface area (Å²) < 4.78 is 55.9. The molecule has 10 heteroatoms. The van der Waals surface area contributed by atoms with Crippen LogP contribution >= 0.6 is 0 Å². The largest absolute Gasteiger partial charge is 0.336 e. The minimum Gasteiger partial charge on any atom is -0.336 e. The fourth-order valence-electron chi connectivity index (χ4n) is 4.71. The summed E-state index contributed by atoms with van der Waals surface area (Å²) in [6.07, 6.45) is 1.55. The van der Waals surface area contributed by atoms with E-state index in [1.54, 1.807) is 59.6 Å². The molecule has 0 bridgehead atoms. The first-order valence-electron chi connectivity index (χ1n) is 12.2. The molecule has 1 saturated heterocycles. The van der Waals surface area contributed by atoms with Crippen LogP contribution in [0.3, 0.4) is 0 Å². The molecule has 1 N–H and O–H groups in total. The lowest BCUT2D eigenvalue weighted by atomic mass is 10.1. The molecule has 3 aromatic carbocycles. The number of pyridine rings is 1. The maximum absolute atomic E-state index is 13.6. The van der Waals surface area contributed by atoms with E-state index in [-0.39, 0.29) is 16.8 Å². The summed E-state index contributed by atoms with van der Waals surface area (Å²) in [5, 5.41) is 0.717. The lowest BCUT2D eigenvalue weighted by molar-refractivity contribution is 0.0582. The SMILES string of the molecule is CC(c1cc(F)cc(F)c1)N1CCN(C(=O)c2ccc(NS(=O)(=O)c3cccc4cccnc34)cc2)CC1. The molecule has 1 aromatic heterocycles. The zero-order valence-electron chi connectivity index (χ0n) is 20.6. The summed E-state index contributed by atoms with van der Waals surface area (Å²) in [6.45, 7) is 3.93. The van der Waals surface area contributed by atoms with Gasteiger partial charge in [-0.15, -0.1) is 0 Å². The number of fused-ring (bicyclic) bond motifs is 1. The highest BCUT2D eigenvalue weighted by Gasteiger charge is 2.26. The van der Waals surface area contributed by atoms with E-state index in [1.165, 1.54) is 18.2 Å². The number of hydrogen-bond acceptors (Lipinski definition) is 5. The smallest absolute Gasteiger partial charge is 0.264 e. The summed E-state index contributed by atoms with van der Waals surface area (Å²) in [6, 6.07) is 18.1. The molecular weight excluding hydrogens is 510 g/mol. The highest BCUT2D eigenvalue weighted by Crippen LogP contribution is 2.25. The number of hydrogen-bond donors (Lipinski definition) is 1. The average Bonchev–Trinajstić information content (AvgIpc) is 2.91. The van der Waals surface area contributed by atoms with Gasteiger partial charge in [0.1, 0.15) is 16.5 Å². The van der Waals surface area contributed by atoms with Gasteiger partial charge < -0.3 is 4.90 Å². The van der Waals surface area contributed by atoms with Crippen molar-refractivity contribution in [3.63, 3.8) is 0 Å². The Morgan fingerprint density at radius 3 is 2.26 bits per heavy atom. The predicted molar refractivity (Wildman–Crippen MR) is 141 cm³/mol. The van der Waals surface area contributed by atoms with Crippen LogP contribution in [0.15, 0.2) is 83.9 Å². The fourth-order valence-corrected chi connectivity index (χ4v) is 5.95. The van der Waals surface area contributed by atoms with E-state index in [0.717, 1.165) is 6.07 Å². The van der Waals surface area contributed by atoms with Gasteiger partial charge in [-0.05, 0) is 61.0 Å². The van der Waals surface area contributed by atoms with Crippen molar-refractivity contribution in [2.24, 2.45) is 0 Å². The van der Waals surface area contributed by atoms with Crippen LogP contribution in [-0.4, -0.2) is 55.3 Å². The number of para-hydroxylation sites is 1. The molecular formula is C28H26F2N4O3S. The van der Waals surface area contributed by atoms with Crippen molar-refractivity contribution in [3.8, 4) is 0 Å². The summed E-state index contributed by atoms with van der Waals surface area (Å²) >= 11 is 0. The Morgan fingerprint density at radius 2 is 1.58 bits per heavy atom. The number of aromatic nitrogens is 1. The van der Waals surface area contributed by atoms with Crippen LogP contribution in [0, 0.1) is 11.6 Å². The number of anilines is 1.